The summed E-state index contributed by atoms with van der Waals surface area (Å²) in [5.74, 6) is -0.157. The Morgan fingerprint density at radius 3 is 2.67 bits per heavy atom. The van der Waals surface area contributed by atoms with Gasteiger partial charge in [0, 0.05) is 13.6 Å². The fourth-order valence-corrected chi connectivity index (χ4v) is 1.75. The van der Waals surface area contributed by atoms with Crippen molar-refractivity contribution in [1.82, 2.24) is 4.90 Å². The Morgan fingerprint density at radius 1 is 1.39 bits per heavy atom. The smallest absolute Gasteiger partial charge is 0.244 e. The molecule has 1 unspecified atom stereocenters. The van der Waals surface area contributed by atoms with Gasteiger partial charge in [0.1, 0.15) is 5.38 Å². The summed E-state index contributed by atoms with van der Waals surface area (Å²) < 4.78 is 5.10. The normalized spacial score (nSPS) is 12.2. The van der Waals surface area contributed by atoms with E-state index in [1.807, 2.05) is 30.3 Å². The van der Waals surface area contributed by atoms with Crippen LogP contribution in [0.1, 0.15) is 10.9 Å². The zero-order valence-electron chi connectivity index (χ0n) is 10.4. The number of benzene rings is 1. The maximum Gasteiger partial charge on any atom is 0.244 e. The van der Waals surface area contributed by atoms with Crippen LogP contribution in [0.15, 0.2) is 30.3 Å². The van der Waals surface area contributed by atoms with Crippen molar-refractivity contribution in [2.75, 3.05) is 33.4 Å². The average molecular weight is 272 g/mol. The molecule has 0 saturated carbocycles. The molecule has 5 heteroatoms. The van der Waals surface area contributed by atoms with Crippen LogP contribution in [0, 0.1) is 0 Å². The zero-order valence-corrected chi connectivity index (χ0v) is 11.1. The van der Waals surface area contributed by atoms with Gasteiger partial charge in [-0.2, -0.15) is 0 Å². The molecule has 0 aliphatic carbocycles. The van der Waals surface area contributed by atoms with E-state index in [-0.39, 0.29) is 19.1 Å². The molecule has 0 aromatic heterocycles. The Kier molecular flexibility index (Phi) is 6.72. The van der Waals surface area contributed by atoms with E-state index in [0.717, 1.165) is 5.56 Å². The summed E-state index contributed by atoms with van der Waals surface area (Å²) in [6.07, 6.45) is 0. The predicted molar refractivity (Wildman–Crippen MR) is 70.6 cm³/mol. The average Bonchev–Trinajstić information content (AvgIpc) is 2.42. The lowest BCUT2D eigenvalue weighted by Crippen LogP contribution is -2.32. The summed E-state index contributed by atoms with van der Waals surface area (Å²) in [6.45, 7) is 1.11. The second-order valence-electron chi connectivity index (χ2n) is 3.87. The Hall–Kier alpha value is -1.10. The summed E-state index contributed by atoms with van der Waals surface area (Å²) in [5.41, 5.74) is 0.785. The van der Waals surface area contributed by atoms with E-state index in [1.54, 1.807) is 7.05 Å². The summed E-state index contributed by atoms with van der Waals surface area (Å²) in [4.78, 5) is 13.5. The van der Waals surface area contributed by atoms with E-state index < -0.39 is 5.38 Å². The molecule has 0 heterocycles. The SMILES string of the molecule is CN(CCOCCO)C(=O)C(Cl)c1ccccc1. The standard InChI is InChI=1S/C13H18ClNO3/c1-15(7-9-18-10-8-16)13(17)12(14)11-5-3-2-4-6-11/h2-6,12,16H,7-10H2,1H3. The number of aliphatic hydroxyl groups is 1. The molecule has 1 aromatic rings. The Labute approximate surface area is 112 Å². The fourth-order valence-electron chi connectivity index (χ4n) is 1.44. The lowest BCUT2D eigenvalue weighted by molar-refractivity contribution is -0.130. The van der Waals surface area contributed by atoms with Crippen LogP contribution in [0.2, 0.25) is 0 Å². The first kappa shape index (κ1) is 15.0. The molecule has 0 aliphatic rings. The number of carbonyl (C=O) groups is 1. The Morgan fingerprint density at radius 2 is 2.06 bits per heavy atom. The number of ether oxygens (including phenoxy) is 1. The Bertz CT molecular complexity index is 359. The number of nitrogens with zero attached hydrogens (tertiary/aromatic N) is 1. The molecule has 0 aliphatic heterocycles. The van der Waals surface area contributed by atoms with E-state index in [4.69, 9.17) is 21.4 Å². The highest BCUT2D eigenvalue weighted by Gasteiger charge is 2.20. The molecule has 1 amide bonds. The van der Waals surface area contributed by atoms with Gasteiger partial charge in [-0.25, -0.2) is 0 Å². The van der Waals surface area contributed by atoms with Gasteiger partial charge in [0.25, 0.3) is 0 Å². The first-order chi connectivity index (χ1) is 8.66. The summed E-state index contributed by atoms with van der Waals surface area (Å²) >= 11 is 6.12. The maximum absolute atomic E-state index is 12.0. The molecule has 1 N–H and O–H groups in total. The van der Waals surface area contributed by atoms with Gasteiger partial charge < -0.3 is 14.7 Å². The predicted octanol–water partition coefficient (Wildman–Crippen LogP) is 1.43. The van der Waals surface area contributed by atoms with Crippen molar-refractivity contribution < 1.29 is 14.6 Å². The van der Waals surface area contributed by atoms with Gasteiger partial charge in [-0.15, -0.1) is 11.6 Å². The van der Waals surface area contributed by atoms with Crippen LogP contribution in [0.5, 0.6) is 0 Å². The van der Waals surface area contributed by atoms with Gasteiger partial charge in [0.05, 0.1) is 19.8 Å². The molecule has 18 heavy (non-hydrogen) atoms. The minimum absolute atomic E-state index is 0.0141. The summed E-state index contributed by atoms with van der Waals surface area (Å²) in [6, 6.07) is 9.23. The molecule has 1 rings (SSSR count). The quantitative estimate of drug-likeness (QED) is 0.603. The lowest BCUT2D eigenvalue weighted by Gasteiger charge is -2.20. The minimum atomic E-state index is -0.672. The number of likely N-dealkylation sites (N-methyl/N-ethyl adjacent to an activating group) is 1. The van der Waals surface area contributed by atoms with Gasteiger partial charge >= 0.3 is 0 Å². The highest BCUT2D eigenvalue weighted by atomic mass is 35.5. The van der Waals surface area contributed by atoms with E-state index in [0.29, 0.717) is 13.2 Å². The minimum Gasteiger partial charge on any atom is -0.394 e. The van der Waals surface area contributed by atoms with Crippen molar-refractivity contribution in [2.45, 2.75) is 5.38 Å². The van der Waals surface area contributed by atoms with Crippen molar-refractivity contribution in [3.63, 3.8) is 0 Å². The molecule has 1 aromatic carbocycles. The largest absolute Gasteiger partial charge is 0.394 e. The van der Waals surface area contributed by atoms with Gasteiger partial charge in [-0.3, -0.25) is 4.79 Å². The number of hydrogen-bond donors (Lipinski definition) is 1. The third-order valence-electron chi connectivity index (χ3n) is 2.49. The van der Waals surface area contributed by atoms with E-state index in [2.05, 4.69) is 0 Å². The van der Waals surface area contributed by atoms with Crippen molar-refractivity contribution in [2.24, 2.45) is 0 Å². The number of amides is 1. The molecule has 0 radical (unpaired) electrons. The van der Waals surface area contributed by atoms with Crippen LogP contribution >= 0.6 is 11.6 Å². The summed E-state index contributed by atoms with van der Waals surface area (Å²) in [5, 5.41) is 7.88. The zero-order chi connectivity index (χ0) is 13.4. The molecule has 1 atom stereocenters. The number of rotatable bonds is 7. The Balaban J connectivity index is 2.43. The number of aliphatic hydroxyl groups excluding tert-OH is 1. The van der Waals surface area contributed by atoms with Crippen LogP contribution in [0.3, 0.4) is 0 Å². The topological polar surface area (TPSA) is 49.8 Å². The highest BCUT2D eigenvalue weighted by molar-refractivity contribution is 6.30. The molecule has 100 valence electrons. The van der Waals surface area contributed by atoms with Crippen molar-refractivity contribution in [3.05, 3.63) is 35.9 Å². The van der Waals surface area contributed by atoms with Crippen molar-refractivity contribution in [1.29, 1.82) is 0 Å². The molecular formula is C13H18ClNO3. The number of halogens is 1. The van der Waals surface area contributed by atoms with Crippen molar-refractivity contribution in [3.8, 4) is 0 Å². The van der Waals surface area contributed by atoms with Crippen LogP contribution < -0.4 is 0 Å². The molecule has 0 spiro atoms. The molecule has 4 nitrogen and oxygen atoms in total. The van der Waals surface area contributed by atoms with E-state index in [1.165, 1.54) is 4.90 Å². The second-order valence-corrected chi connectivity index (χ2v) is 4.31. The molecule has 0 bridgehead atoms. The van der Waals surface area contributed by atoms with E-state index in [9.17, 15) is 4.79 Å². The lowest BCUT2D eigenvalue weighted by atomic mass is 10.1. The van der Waals surface area contributed by atoms with E-state index >= 15 is 0 Å². The number of carbonyl (C=O) groups excluding carboxylic acids is 1. The monoisotopic (exact) mass is 271 g/mol. The fraction of sp³-hybridized carbons (Fsp3) is 0.462. The third-order valence-corrected chi connectivity index (χ3v) is 2.93. The second kappa shape index (κ2) is 8.08. The molecule has 0 fully saturated rings. The highest BCUT2D eigenvalue weighted by Crippen LogP contribution is 2.21. The maximum atomic E-state index is 12.0. The first-order valence-corrected chi connectivity index (χ1v) is 6.23. The van der Waals surface area contributed by atoms with Crippen LogP contribution in [-0.4, -0.2) is 49.3 Å². The van der Waals surface area contributed by atoms with Gasteiger partial charge in [-0.05, 0) is 5.56 Å². The summed E-state index contributed by atoms with van der Waals surface area (Å²) in [7, 11) is 1.68. The van der Waals surface area contributed by atoms with Gasteiger partial charge in [-0.1, -0.05) is 30.3 Å². The van der Waals surface area contributed by atoms with Gasteiger partial charge in [0.15, 0.2) is 0 Å². The number of alkyl halides is 1. The first-order valence-electron chi connectivity index (χ1n) is 5.79. The van der Waals surface area contributed by atoms with Gasteiger partial charge in [0.2, 0.25) is 5.91 Å². The third kappa shape index (κ3) is 4.64. The van der Waals surface area contributed by atoms with Crippen LogP contribution in [0.4, 0.5) is 0 Å². The van der Waals surface area contributed by atoms with Crippen molar-refractivity contribution >= 4 is 17.5 Å². The van der Waals surface area contributed by atoms with Crippen LogP contribution in [-0.2, 0) is 9.53 Å². The van der Waals surface area contributed by atoms with Crippen LogP contribution in [0.25, 0.3) is 0 Å². The molecule has 0 saturated heterocycles. The number of hydrogen-bond acceptors (Lipinski definition) is 3. The molecular weight excluding hydrogens is 254 g/mol.